The number of amides is 1. The Morgan fingerprint density at radius 1 is 1.31 bits per heavy atom. The maximum atomic E-state index is 12.9. The number of rotatable bonds is 9. The summed E-state index contributed by atoms with van der Waals surface area (Å²) >= 11 is 7.52. The van der Waals surface area contributed by atoms with Crippen molar-refractivity contribution >= 4 is 50.2 Å². The first-order chi connectivity index (χ1) is 16.8. The molecule has 3 heterocycles. The Labute approximate surface area is 213 Å². The smallest absolute Gasteiger partial charge is 0.337 e. The molecule has 2 aromatic heterocycles. The first-order valence-corrected chi connectivity index (χ1v) is 13.1. The van der Waals surface area contributed by atoms with Crippen LogP contribution in [0.15, 0.2) is 18.2 Å². The summed E-state index contributed by atoms with van der Waals surface area (Å²) in [5.74, 6) is -0.439. The number of carboxylic acids is 1. The van der Waals surface area contributed by atoms with Crippen LogP contribution in [0.1, 0.15) is 60.3 Å². The number of aromatic nitrogens is 3. The minimum atomic E-state index is -0.954. The number of H-pyrrole nitrogens is 1. The summed E-state index contributed by atoms with van der Waals surface area (Å²) < 4.78 is 0.677. The highest BCUT2D eigenvalue weighted by Crippen LogP contribution is 2.33. The second kappa shape index (κ2) is 10.9. The van der Waals surface area contributed by atoms with Crippen LogP contribution in [-0.4, -0.2) is 63.7 Å². The molecule has 1 saturated heterocycles. The van der Waals surface area contributed by atoms with Gasteiger partial charge in [0.15, 0.2) is 16.1 Å². The number of piperidine rings is 1. The molecule has 1 fully saturated rings. The van der Waals surface area contributed by atoms with Gasteiger partial charge in [-0.2, -0.15) is 0 Å². The fourth-order valence-corrected chi connectivity index (χ4v) is 5.64. The number of carboxylic acid groups (broad SMARTS) is 1. The van der Waals surface area contributed by atoms with Crippen molar-refractivity contribution in [2.45, 2.75) is 52.1 Å². The summed E-state index contributed by atoms with van der Waals surface area (Å²) in [6.45, 7) is 8.48. The van der Waals surface area contributed by atoms with Gasteiger partial charge in [0, 0.05) is 25.2 Å². The number of carbonyl (C=O) groups excluding carboxylic acids is 1. The lowest BCUT2D eigenvalue weighted by atomic mass is 9.98. The minimum absolute atomic E-state index is 0.00603. The molecule has 4 rings (SSSR count). The molecule has 9 nitrogen and oxygen atoms in total. The predicted octanol–water partition coefficient (Wildman–Crippen LogP) is 3.95. The van der Waals surface area contributed by atoms with Crippen molar-refractivity contribution in [3.05, 3.63) is 40.4 Å². The number of hydrogen-bond acceptors (Lipinski definition) is 7. The van der Waals surface area contributed by atoms with Crippen molar-refractivity contribution in [3.63, 3.8) is 0 Å². The van der Waals surface area contributed by atoms with Crippen LogP contribution in [0.2, 0.25) is 5.15 Å². The van der Waals surface area contributed by atoms with E-state index >= 15 is 0 Å². The third-order valence-corrected chi connectivity index (χ3v) is 7.74. The quantitative estimate of drug-likeness (QED) is 0.338. The van der Waals surface area contributed by atoms with Gasteiger partial charge in [0.25, 0.3) is 5.91 Å². The first-order valence-electron chi connectivity index (χ1n) is 11.9. The molecule has 1 aliphatic heterocycles. The SMILES string of the molecule is CCc1[nH]c(C(=O)N[C@@H]2CCN(c3nc4cccc(C(=O)O)c4s3)C[C@@H]2NCCC(C)C)nc1Cl. The number of benzene rings is 1. The van der Waals surface area contributed by atoms with Crippen LogP contribution in [0.3, 0.4) is 0 Å². The molecule has 0 unspecified atom stereocenters. The van der Waals surface area contributed by atoms with E-state index in [4.69, 9.17) is 16.6 Å². The molecule has 11 heteroatoms. The standard InChI is InChI=1S/C24H31ClN6O3S/c1-4-15-20(25)30-21(27-15)22(32)28-16-9-11-31(12-18(16)26-10-8-13(2)3)24-29-17-7-5-6-14(23(33)34)19(17)35-24/h5-7,13,16,18,26H,4,8-12H2,1-3H3,(H,27,30)(H,28,32)(H,33,34)/t16-,18+/m1/s1. The zero-order chi connectivity index (χ0) is 25.1. The summed E-state index contributed by atoms with van der Waals surface area (Å²) in [7, 11) is 0. The van der Waals surface area contributed by atoms with Crippen molar-refractivity contribution in [2.24, 2.45) is 5.92 Å². The van der Waals surface area contributed by atoms with Gasteiger partial charge in [0.2, 0.25) is 0 Å². The minimum Gasteiger partial charge on any atom is -0.478 e. The van der Waals surface area contributed by atoms with E-state index in [9.17, 15) is 14.7 Å². The van der Waals surface area contributed by atoms with E-state index in [1.807, 2.05) is 13.0 Å². The van der Waals surface area contributed by atoms with E-state index in [1.54, 1.807) is 12.1 Å². The van der Waals surface area contributed by atoms with Gasteiger partial charge in [-0.15, -0.1) is 0 Å². The van der Waals surface area contributed by atoms with Crippen LogP contribution in [0, 0.1) is 5.92 Å². The Morgan fingerprint density at radius 2 is 2.11 bits per heavy atom. The van der Waals surface area contributed by atoms with Gasteiger partial charge in [-0.25, -0.2) is 14.8 Å². The molecule has 0 spiro atoms. The number of aryl methyl sites for hydroxylation is 1. The first kappa shape index (κ1) is 25.4. The number of aromatic amines is 1. The van der Waals surface area contributed by atoms with Gasteiger partial charge in [-0.3, -0.25) is 4.79 Å². The Morgan fingerprint density at radius 3 is 2.80 bits per heavy atom. The highest BCUT2D eigenvalue weighted by Gasteiger charge is 2.32. The molecule has 1 aromatic carbocycles. The maximum absolute atomic E-state index is 12.9. The average molecular weight is 519 g/mol. The second-order valence-electron chi connectivity index (χ2n) is 9.22. The number of nitrogens with one attached hydrogen (secondary N) is 3. The fourth-order valence-electron chi connectivity index (χ4n) is 4.27. The number of nitrogens with zero attached hydrogens (tertiary/aromatic N) is 3. The summed E-state index contributed by atoms with van der Waals surface area (Å²) in [6, 6.07) is 5.07. The van der Waals surface area contributed by atoms with Gasteiger partial charge in [0.05, 0.1) is 21.5 Å². The van der Waals surface area contributed by atoms with Gasteiger partial charge in [-0.1, -0.05) is 49.8 Å². The summed E-state index contributed by atoms with van der Waals surface area (Å²) in [5, 5.41) is 17.4. The largest absolute Gasteiger partial charge is 0.478 e. The van der Waals surface area contributed by atoms with Crippen molar-refractivity contribution in [2.75, 3.05) is 24.5 Å². The number of fused-ring (bicyclic) bond motifs is 1. The Kier molecular flexibility index (Phi) is 7.93. The van der Waals surface area contributed by atoms with Crippen molar-refractivity contribution < 1.29 is 14.7 Å². The molecule has 1 aliphatic rings. The molecule has 0 saturated carbocycles. The van der Waals surface area contributed by atoms with E-state index < -0.39 is 5.97 Å². The van der Waals surface area contributed by atoms with Crippen molar-refractivity contribution in [1.29, 1.82) is 0 Å². The van der Waals surface area contributed by atoms with E-state index in [-0.39, 0.29) is 29.4 Å². The number of halogens is 1. The predicted molar refractivity (Wildman–Crippen MR) is 139 cm³/mol. The van der Waals surface area contributed by atoms with Crippen LogP contribution < -0.4 is 15.5 Å². The Balaban J connectivity index is 1.52. The Hall–Kier alpha value is -2.69. The molecule has 0 radical (unpaired) electrons. The molecule has 4 N–H and O–H groups in total. The summed E-state index contributed by atoms with van der Waals surface area (Å²) in [6.07, 6.45) is 2.40. The molecule has 188 valence electrons. The molecular weight excluding hydrogens is 488 g/mol. The van der Waals surface area contributed by atoms with E-state index in [0.29, 0.717) is 47.2 Å². The van der Waals surface area contributed by atoms with Crippen LogP contribution in [0.4, 0.5) is 5.13 Å². The van der Waals surface area contributed by atoms with Crippen LogP contribution in [0.5, 0.6) is 0 Å². The number of thiazole rings is 1. The molecule has 0 bridgehead atoms. The third kappa shape index (κ3) is 5.76. The molecule has 3 aromatic rings. The highest BCUT2D eigenvalue weighted by molar-refractivity contribution is 7.22. The molecule has 2 atom stereocenters. The van der Waals surface area contributed by atoms with Crippen LogP contribution in [0.25, 0.3) is 10.2 Å². The van der Waals surface area contributed by atoms with Crippen LogP contribution in [-0.2, 0) is 6.42 Å². The topological polar surface area (TPSA) is 123 Å². The zero-order valence-corrected chi connectivity index (χ0v) is 21.7. The number of hydrogen-bond donors (Lipinski definition) is 4. The molecule has 35 heavy (non-hydrogen) atoms. The molecular formula is C24H31ClN6O3S. The monoisotopic (exact) mass is 518 g/mol. The summed E-state index contributed by atoms with van der Waals surface area (Å²) in [5.41, 5.74) is 1.70. The van der Waals surface area contributed by atoms with Crippen molar-refractivity contribution in [1.82, 2.24) is 25.6 Å². The number of carbonyl (C=O) groups is 2. The van der Waals surface area contributed by atoms with Gasteiger partial charge < -0.3 is 25.6 Å². The lowest BCUT2D eigenvalue weighted by Gasteiger charge is -2.39. The zero-order valence-electron chi connectivity index (χ0n) is 20.1. The van der Waals surface area contributed by atoms with Gasteiger partial charge >= 0.3 is 5.97 Å². The second-order valence-corrected chi connectivity index (χ2v) is 10.6. The Bertz CT molecular complexity index is 1210. The molecule has 0 aliphatic carbocycles. The number of aromatic carboxylic acids is 1. The maximum Gasteiger partial charge on any atom is 0.337 e. The van der Waals surface area contributed by atoms with Crippen LogP contribution >= 0.6 is 22.9 Å². The van der Waals surface area contributed by atoms with E-state index in [2.05, 4.69) is 39.3 Å². The fraction of sp³-hybridized carbons (Fsp3) is 0.500. The van der Waals surface area contributed by atoms with Gasteiger partial charge in [0.1, 0.15) is 0 Å². The van der Waals surface area contributed by atoms with E-state index in [1.165, 1.54) is 11.3 Å². The molecule has 1 amide bonds. The third-order valence-electron chi connectivity index (χ3n) is 6.26. The highest BCUT2D eigenvalue weighted by atomic mass is 35.5. The van der Waals surface area contributed by atoms with E-state index in [0.717, 1.165) is 23.8 Å². The normalized spacial score (nSPS) is 18.4. The van der Waals surface area contributed by atoms with Crippen molar-refractivity contribution in [3.8, 4) is 0 Å². The lowest BCUT2D eigenvalue weighted by Crippen LogP contribution is -2.60. The number of anilines is 1. The summed E-state index contributed by atoms with van der Waals surface area (Å²) in [4.78, 5) is 38.6. The van der Waals surface area contributed by atoms with Gasteiger partial charge in [-0.05, 0) is 43.9 Å². The number of imidazole rings is 1. The average Bonchev–Trinajstić information content (AvgIpc) is 3.42. The lowest BCUT2D eigenvalue weighted by molar-refractivity contribution is 0.0699.